The van der Waals surface area contributed by atoms with Crippen molar-refractivity contribution in [2.75, 3.05) is 5.73 Å². The van der Waals surface area contributed by atoms with E-state index in [4.69, 9.17) is 10.7 Å². The Morgan fingerprint density at radius 2 is 1.57 bits per heavy atom. The fraction of sp³-hybridized carbons (Fsp3) is 0.103. The molecule has 0 amide bonds. The van der Waals surface area contributed by atoms with Crippen LogP contribution in [0.15, 0.2) is 95.2 Å². The lowest BCUT2D eigenvalue weighted by atomic mass is 10.0. The third kappa shape index (κ3) is 3.89. The van der Waals surface area contributed by atoms with Crippen molar-refractivity contribution in [3.05, 3.63) is 107 Å². The average Bonchev–Trinajstić information content (AvgIpc) is 3.43. The number of aryl methyl sites for hydroxylation is 1. The number of aromatic nitrogens is 3. The van der Waals surface area contributed by atoms with Crippen LogP contribution >= 0.6 is 0 Å². The van der Waals surface area contributed by atoms with E-state index in [0.29, 0.717) is 17.2 Å². The first-order valence-corrected chi connectivity index (χ1v) is 11.7. The summed E-state index contributed by atoms with van der Waals surface area (Å²) in [6, 6.07) is 28.5. The van der Waals surface area contributed by atoms with Gasteiger partial charge in [0.25, 0.3) is 0 Å². The van der Waals surface area contributed by atoms with Gasteiger partial charge in [-0.2, -0.15) is 5.11 Å². The van der Waals surface area contributed by atoms with Gasteiger partial charge in [0.05, 0.1) is 17.1 Å². The Hall–Kier alpha value is -4.58. The molecule has 2 heterocycles. The number of benzene rings is 3. The van der Waals surface area contributed by atoms with E-state index in [9.17, 15) is 0 Å². The molecule has 1 aliphatic carbocycles. The number of nitrogens with two attached hydrogens (primary N) is 1. The SMILES string of the molecule is Cc1ccc(N=Nc2c(N)nn3c(-c4ccccc4)c4c(nc23)/C(=C/c2ccccc2)CC4)cc1. The topological polar surface area (TPSA) is 80.9 Å². The van der Waals surface area contributed by atoms with Crippen molar-refractivity contribution in [1.29, 1.82) is 0 Å². The predicted molar refractivity (Wildman–Crippen MR) is 141 cm³/mol. The summed E-state index contributed by atoms with van der Waals surface area (Å²) < 4.78 is 1.83. The van der Waals surface area contributed by atoms with Gasteiger partial charge in [-0.1, -0.05) is 78.4 Å². The predicted octanol–water partition coefficient (Wildman–Crippen LogP) is 7.19. The van der Waals surface area contributed by atoms with E-state index in [1.165, 1.54) is 16.7 Å². The Kier molecular flexibility index (Phi) is 5.19. The number of anilines is 1. The maximum Gasteiger partial charge on any atom is 0.186 e. The lowest BCUT2D eigenvalue weighted by molar-refractivity contribution is 0.928. The summed E-state index contributed by atoms with van der Waals surface area (Å²) in [5.74, 6) is 0.308. The standard InChI is InChI=1S/C29H24N6/c1-19-12-15-23(16-13-19)32-33-26-28(30)34-35-27(21-10-6-3-7-11-21)24-17-14-22(25(24)31-29(26)35)18-20-8-4-2-5-9-20/h2-13,15-16,18H,14,17H2,1H3,(H2,30,34)/b22-18+,33-32?. The Morgan fingerprint density at radius 3 is 2.31 bits per heavy atom. The molecule has 2 N–H and O–H groups in total. The fourth-order valence-electron chi connectivity index (χ4n) is 4.57. The lowest BCUT2D eigenvalue weighted by Gasteiger charge is -2.11. The van der Waals surface area contributed by atoms with E-state index in [2.05, 4.69) is 57.8 Å². The molecule has 0 bridgehead atoms. The Balaban J connectivity index is 1.57. The van der Waals surface area contributed by atoms with Crippen LogP contribution in [0.25, 0.3) is 28.6 Å². The first-order chi connectivity index (χ1) is 17.2. The first kappa shape index (κ1) is 21.0. The molecule has 1 aliphatic rings. The summed E-state index contributed by atoms with van der Waals surface area (Å²) >= 11 is 0. The van der Waals surface area contributed by atoms with Crippen LogP contribution in [0, 0.1) is 6.92 Å². The van der Waals surface area contributed by atoms with Crippen LogP contribution in [0.2, 0.25) is 0 Å². The molecule has 0 saturated heterocycles. The van der Waals surface area contributed by atoms with Crippen LogP contribution in [0.5, 0.6) is 0 Å². The zero-order valence-corrected chi connectivity index (χ0v) is 19.4. The van der Waals surface area contributed by atoms with E-state index in [1.54, 1.807) is 0 Å². The molecule has 170 valence electrons. The summed E-state index contributed by atoms with van der Waals surface area (Å²) in [5, 5.41) is 13.6. The molecular formula is C29H24N6. The minimum atomic E-state index is 0.308. The van der Waals surface area contributed by atoms with Gasteiger partial charge < -0.3 is 5.73 Å². The summed E-state index contributed by atoms with van der Waals surface area (Å²) in [6.07, 6.45) is 4.03. The van der Waals surface area contributed by atoms with Gasteiger partial charge in [0.1, 0.15) is 0 Å². The molecule has 6 rings (SSSR count). The van der Waals surface area contributed by atoms with Crippen molar-refractivity contribution in [3.63, 3.8) is 0 Å². The van der Waals surface area contributed by atoms with Gasteiger partial charge in [-0.05, 0) is 49.1 Å². The number of rotatable bonds is 4. The largest absolute Gasteiger partial charge is 0.380 e. The van der Waals surface area contributed by atoms with E-state index < -0.39 is 0 Å². The number of nitrogens with zero attached hydrogens (tertiary/aromatic N) is 5. The molecule has 0 fully saturated rings. The molecule has 0 radical (unpaired) electrons. The quantitative estimate of drug-likeness (QED) is 0.291. The van der Waals surface area contributed by atoms with E-state index in [-0.39, 0.29) is 0 Å². The zero-order valence-electron chi connectivity index (χ0n) is 19.4. The number of nitrogen functional groups attached to an aromatic ring is 1. The molecule has 0 saturated carbocycles. The van der Waals surface area contributed by atoms with Crippen LogP contribution in [0.1, 0.15) is 28.8 Å². The van der Waals surface area contributed by atoms with Gasteiger partial charge in [0.15, 0.2) is 17.2 Å². The average molecular weight is 457 g/mol. The summed E-state index contributed by atoms with van der Waals surface area (Å²) in [5.41, 5.74) is 16.0. The van der Waals surface area contributed by atoms with Gasteiger partial charge in [-0.15, -0.1) is 10.2 Å². The molecule has 2 aromatic heterocycles. The minimum absolute atomic E-state index is 0.308. The second-order valence-electron chi connectivity index (χ2n) is 8.74. The fourth-order valence-corrected chi connectivity index (χ4v) is 4.57. The Labute approximate surface area is 203 Å². The number of hydrogen-bond acceptors (Lipinski definition) is 5. The molecule has 6 heteroatoms. The Bertz CT molecular complexity index is 1580. The van der Waals surface area contributed by atoms with E-state index >= 15 is 0 Å². The number of hydrogen-bond donors (Lipinski definition) is 1. The molecule has 5 aromatic rings. The maximum atomic E-state index is 6.37. The molecule has 0 unspecified atom stereocenters. The van der Waals surface area contributed by atoms with Crippen LogP contribution in [0.3, 0.4) is 0 Å². The molecule has 6 nitrogen and oxygen atoms in total. The van der Waals surface area contributed by atoms with Crippen molar-refractivity contribution >= 4 is 34.5 Å². The smallest absolute Gasteiger partial charge is 0.186 e. The van der Waals surface area contributed by atoms with Crippen molar-refractivity contribution in [3.8, 4) is 11.3 Å². The maximum absolute atomic E-state index is 6.37. The highest BCUT2D eigenvalue weighted by Crippen LogP contribution is 2.41. The van der Waals surface area contributed by atoms with Crippen LogP contribution in [-0.2, 0) is 6.42 Å². The minimum Gasteiger partial charge on any atom is -0.380 e. The zero-order chi connectivity index (χ0) is 23.8. The molecule has 3 aromatic carbocycles. The van der Waals surface area contributed by atoms with E-state index in [0.717, 1.165) is 41.0 Å². The van der Waals surface area contributed by atoms with Gasteiger partial charge in [0.2, 0.25) is 0 Å². The van der Waals surface area contributed by atoms with Crippen molar-refractivity contribution in [2.24, 2.45) is 10.2 Å². The monoisotopic (exact) mass is 456 g/mol. The summed E-state index contributed by atoms with van der Waals surface area (Å²) in [4.78, 5) is 5.07. The van der Waals surface area contributed by atoms with Crippen molar-refractivity contribution < 1.29 is 0 Å². The first-order valence-electron chi connectivity index (χ1n) is 11.7. The molecule has 0 spiro atoms. The van der Waals surface area contributed by atoms with Gasteiger partial charge in [-0.25, -0.2) is 9.50 Å². The molecule has 35 heavy (non-hydrogen) atoms. The third-order valence-corrected chi connectivity index (χ3v) is 6.30. The second-order valence-corrected chi connectivity index (χ2v) is 8.74. The molecular weight excluding hydrogens is 432 g/mol. The van der Waals surface area contributed by atoms with Gasteiger partial charge >= 0.3 is 0 Å². The van der Waals surface area contributed by atoms with Crippen LogP contribution in [0.4, 0.5) is 17.2 Å². The molecule has 0 aliphatic heterocycles. The highest BCUT2D eigenvalue weighted by atomic mass is 15.3. The van der Waals surface area contributed by atoms with Gasteiger partial charge in [-0.3, -0.25) is 0 Å². The normalized spacial score (nSPS) is 14.3. The highest BCUT2D eigenvalue weighted by Gasteiger charge is 2.27. The third-order valence-electron chi connectivity index (χ3n) is 6.30. The van der Waals surface area contributed by atoms with Crippen molar-refractivity contribution in [1.82, 2.24) is 14.6 Å². The Morgan fingerprint density at radius 1 is 0.857 bits per heavy atom. The highest BCUT2D eigenvalue weighted by molar-refractivity contribution is 5.89. The number of allylic oxidation sites excluding steroid dienone is 1. The van der Waals surface area contributed by atoms with E-state index in [1.807, 2.05) is 60.0 Å². The summed E-state index contributed by atoms with van der Waals surface area (Å²) in [7, 11) is 0. The molecule has 0 atom stereocenters. The van der Waals surface area contributed by atoms with Gasteiger partial charge in [0, 0.05) is 11.1 Å². The van der Waals surface area contributed by atoms with Crippen molar-refractivity contribution in [2.45, 2.75) is 19.8 Å². The van der Waals surface area contributed by atoms with Crippen LogP contribution in [-0.4, -0.2) is 14.6 Å². The second kappa shape index (κ2) is 8.65. The lowest BCUT2D eigenvalue weighted by Crippen LogP contribution is -2.03. The van der Waals surface area contributed by atoms with Crippen LogP contribution < -0.4 is 5.73 Å². The summed E-state index contributed by atoms with van der Waals surface area (Å²) in [6.45, 7) is 2.04. The number of fused-ring (bicyclic) bond motifs is 2. The number of azo groups is 1.